The van der Waals surface area contributed by atoms with Crippen molar-refractivity contribution in [2.45, 2.75) is 46.2 Å². The minimum atomic E-state index is 0.00611. The van der Waals surface area contributed by atoms with Gasteiger partial charge in [-0.3, -0.25) is 9.80 Å². The van der Waals surface area contributed by atoms with E-state index in [1.54, 1.807) is 0 Å². The van der Waals surface area contributed by atoms with Crippen LogP contribution in [0.5, 0.6) is 0 Å². The fourth-order valence-electron chi connectivity index (χ4n) is 2.62. The van der Waals surface area contributed by atoms with Gasteiger partial charge in [0.05, 0.1) is 19.3 Å². The van der Waals surface area contributed by atoms with E-state index in [1.807, 2.05) is 13.1 Å². The largest absolute Gasteiger partial charge is 0.444 e. The first-order valence-corrected chi connectivity index (χ1v) is 8.09. The Bertz CT molecular complexity index is 635. The van der Waals surface area contributed by atoms with Crippen LogP contribution in [0.1, 0.15) is 44.1 Å². The molecule has 7 nitrogen and oxygen atoms in total. The SMILES string of the molecule is Cc1noc(CN2CCN(Cc3ncc(C(C)(C)C)o3)CC2)n1. The summed E-state index contributed by atoms with van der Waals surface area (Å²) in [6.45, 7) is 13.7. The number of aromatic nitrogens is 3. The van der Waals surface area contributed by atoms with Crippen molar-refractivity contribution < 1.29 is 8.94 Å². The van der Waals surface area contributed by atoms with Crippen LogP contribution in [0, 0.1) is 6.92 Å². The highest BCUT2D eigenvalue weighted by Crippen LogP contribution is 2.23. The summed E-state index contributed by atoms with van der Waals surface area (Å²) in [6.07, 6.45) is 1.85. The molecule has 3 heterocycles. The van der Waals surface area contributed by atoms with E-state index in [-0.39, 0.29) is 5.41 Å². The highest BCUT2D eigenvalue weighted by molar-refractivity contribution is 5.06. The van der Waals surface area contributed by atoms with Gasteiger partial charge in [-0.1, -0.05) is 25.9 Å². The fraction of sp³-hybridized carbons (Fsp3) is 0.688. The molecule has 0 atom stereocenters. The molecule has 126 valence electrons. The van der Waals surface area contributed by atoms with Gasteiger partial charge in [-0.25, -0.2) is 4.98 Å². The zero-order valence-electron chi connectivity index (χ0n) is 14.4. The number of piperazine rings is 1. The Morgan fingerprint density at radius 3 is 2.13 bits per heavy atom. The maximum Gasteiger partial charge on any atom is 0.240 e. The normalized spacial score (nSPS) is 17.7. The standard InChI is InChI=1S/C16H25N5O2/c1-12-18-15(23-19-12)11-21-7-5-20(6-8-21)10-14-17-9-13(22-14)16(2,3)4/h9H,5-8,10-11H2,1-4H3. The lowest BCUT2D eigenvalue weighted by Gasteiger charge is -2.33. The van der Waals surface area contributed by atoms with Crippen LogP contribution < -0.4 is 0 Å². The third-order valence-corrected chi connectivity index (χ3v) is 4.05. The topological polar surface area (TPSA) is 71.4 Å². The van der Waals surface area contributed by atoms with E-state index in [4.69, 9.17) is 8.94 Å². The average Bonchev–Trinajstić information content (AvgIpc) is 3.10. The number of oxazole rings is 1. The summed E-state index contributed by atoms with van der Waals surface area (Å²) in [7, 11) is 0. The molecule has 1 aliphatic rings. The van der Waals surface area contributed by atoms with E-state index < -0.39 is 0 Å². The van der Waals surface area contributed by atoms with Crippen LogP contribution >= 0.6 is 0 Å². The molecule has 1 aliphatic heterocycles. The first-order valence-electron chi connectivity index (χ1n) is 8.09. The summed E-state index contributed by atoms with van der Waals surface area (Å²) in [6, 6.07) is 0. The van der Waals surface area contributed by atoms with E-state index in [0.29, 0.717) is 11.7 Å². The monoisotopic (exact) mass is 319 g/mol. The van der Waals surface area contributed by atoms with Crippen molar-refractivity contribution in [3.05, 3.63) is 29.6 Å². The zero-order chi connectivity index (χ0) is 16.4. The molecule has 0 amide bonds. The summed E-state index contributed by atoms with van der Waals surface area (Å²) >= 11 is 0. The molecule has 0 spiro atoms. The van der Waals surface area contributed by atoms with Crippen LogP contribution in [-0.4, -0.2) is 51.1 Å². The van der Waals surface area contributed by atoms with Crippen LogP contribution in [0.15, 0.2) is 15.1 Å². The molecule has 2 aromatic rings. The predicted octanol–water partition coefficient (Wildman–Crippen LogP) is 1.98. The molecular weight excluding hydrogens is 294 g/mol. The van der Waals surface area contributed by atoms with Gasteiger partial charge in [0, 0.05) is 31.6 Å². The zero-order valence-corrected chi connectivity index (χ0v) is 14.4. The van der Waals surface area contributed by atoms with Gasteiger partial charge in [-0.15, -0.1) is 0 Å². The highest BCUT2D eigenvalue weighted by Gasteiger charge is 2.22. The molecule has 0 bridgehead atoms. The second-order valence-electron chi connectivity index (χ2n) is 7.16. The van der Waals surface area contributed by atoms with Crippen LogP contribution in [0.3, 0.4) is 0 Å². The van der Waals surface area contributed by atoms with E-state index in [9.17, 15) is 0 Å². The first-order chi connectivity index (χ1) is 10.9. The Morgan fingerprint density at radius 2 is 1.65 bits per heavy atom. The van der Waals surface area contributed by atoms with Crippen molar-refractivity contribution >= 4 is 0 Å². The Kier molecular flexibility index (Phi) is 4.50. The highest BCUT2D eigenvalue weighted by atomic mass is 16.5. The van der Waals surface area contributed by atoms with E-state index >= 15 is 0 Å². The summed E-state index contributed by atoms with van der Waals surface area (Å²) in [5.41, 5.74) is 0.00611. The Balaban J connectivity index is 1.48. The van der Waals surface area contributed by atoms with Gasteiger partial charge >= 0.3 is 0 Å². The summed E-state index contributed by atoms with van der Waals surface area (Å²) in [4.78, 5) is 13.4. The Hall–Kier alpha value is -1.73. The van der Waals surface area contributed by atoms with Crippen LogP contribution in [-0.2, 0) is 18.5 Å². The van der Waals surface area contributed by atoms with Gasteiger partial charge in [0.1, 0.15) is 5.76 Å². The van der Waals surface area contributed by atoms with Gasteiger partial charge in [0.2, 0.25) is 11.8 Å². The molecule has 0 aromatic carbocycles. The molecule has 0 unspecified atom stereocenters. The van der Waals surface area contributed by atoms with E-state index in [0.717, 1.165) is 50.9 Å². The van der Waals surface area contributed by atoms with E-state index in [2.05, 4.69) is 45.7 Å². The fourth-order valence-corrected chi connectivity index (χ4v) is 2.62. The summed E-state index contributed by atoms with van der Waals surface area (Å²) < 4.78 is 11.1. The minimum Gasteiger partial charge on any atom is -0.444 e. The molecule has 23 heavy (non-hydrogen) atoms. The van der Waals surface area contributed by atoms with Gasteiger partial charge < -0.3 is 8.94 Å². The maximum atomic E-state index is 5.88. The van der Waals surface area contributed by atoms with Gasteiger partial charge in [0.15, 0.2) is 5.82 Å². The number of aryl methyl sites for hydroxylation is 1. The molecule has 1 saturated heterocycles. The maximum absolute atomic E-state index is 5.88. The number of nitrogens with zero attached hydrogens (tertiary/aromatic N) is 5. The third kappa shape index (κ3) is 4.17. The van der Waals surface area contributed by atoms with Crippen molar-refractivity contribution in [2.75, 3.05) is 26.2 Å². The minimum absolute atomic E-state index is 0.00611. The Morgan fingerprint density at radius 1 is 1.04 bits per heavy atom. The van der Waals surface area contributed by atoms with E-state index in [1.165, 1.54) is 0 Å². The van der Waals surface area contributed by atoms with Crippen LogP contribution in [0.25, 0.3) is 0 Å². The van der Waals surface area contributed by atoms with Crippen molar-refractivity contribution in [2.24, 2.45) is 0 Å². The second kappa shape index (κ2) is 6.41. The van der Waals surface area contributed by atoms with Gasteiger partial charge in [-0.2, -0.15) is 4.98 Å². The number of hydrogen-bond donors (Lipinski definition) is 0. The molecule has 0 N–H and O–H groups in total. The van der Waals surface area contributed by atoms with Crippen molar-refractivity contribution in [3.8, 4) is 0 Å². The number of hydrogen-bond acceptors (Lipinski definition) is 7. The smallest absolute Gasteiger partial charge is 0.240 e. The molecule has 0 saturated carbocycles. The van der Waals surface area contributed by atoms with Gasteiger partial charge in [0.25, 0.3) is 0 Å². The molecule has 7 heteroatoms. The van der Waals surface area contributed by atoms with Crippen molar-refractivity contribution in [1.29, 1.82) is 0 Å². The second-order valence-corrected chi connectivity index (χ2v) is 7.16. The lowest BCUT2D eigenvalue weighted by molar-refractivity contribution is 0.105. The molecule has 3 rings (SSSR count). The van der Waals surface area contributed by atoms with Gasteiger partial charge in [-0.05, 0) is 6.92 Å². The Labute approximate surface area is 136 Å². The van der Waals surface area contributed by atoms with Crippen molar-refractivity contribution in [3.63, 3.8) is 0 Å². The third-order valence-electron chi connectivity index (χ3n) is 4.05. The first kappa shape index (κ1) is 16.1. The van der Waals surface area contributed by atoms with Crippen molar-refractivity contribution in [1.82, 2.24) is 24.9 Å². The molecule has 1 fully saturated rings. The molecule has 0 aliphatic carbocycles. The number of rotatable bonds is 4. The van der Waals surface area contributed by atoms with Crippen LogP contribution in [0.4, 0.5) is 0 Å². The summed E-state index contributed by atoms with van der Waals surface area (Å²) in [5.74, 6) is 3.13. The summed E-state index contributed by atoms with van der Waals surface area (Å²) in [5, 5.41) is 3.83. The average molecular weight is 319 g/mol. The predicted molar refractivity (Wildman–Crippen MR) is 84.8 cm³/mol. The lowest BCUT2D eigenvalue weighted by Crippen LogP contribution is -2.45. The molecule has 0 radical (unpaired) electrons. The molecular formula is C16H25N5O2. The lowest BCUT2D eigenvalue weighted by atomic mass is 9.94. The molecule has 2 aromatic heterocycles. The van der Waals surface area contributed by atoms with Crippen LogP contribution in [0.2, 0.25) is 0 Å². The quantitative estimate of drug-likeness (QED) is 0.853.